The Morgan fingerprint density at radius 3 is 2.70 bits per heavy atom. The zero-order valence-electron chi connectivity index (χ0n) is 10.7. The van der Waals surface area contributed by atoms with Crippen LogP contribution in [0.1, 0.15) is 22.8 Å². The van der Waals surface area contributed by atoms with Gasteiger partial charge in [0.15, 0.2) is 0 Å². The normalized spacial score (nSPS) is 11.2. The van der Waals surface area contributed by atoms with E-state index < -0.39 is 16.0 Å². The molecule has 0 spiro atoms. The second-order valence-corrected chi connectivity index (χ2v) is 6.94. The topological polar surface area (TPSA) is 83.5 Å². The first-order valence-corrected chi connectivity index (χ1v) is 8.22. The molecule has 7 heteroatoms. The molecule has 0 bridgehead atoms. The van der Waals surface area contributed by atoms with Crippen LogP contribution in [-0.2, 0) is 16.4 Å². The number of aryl methyl sites for hydroxylation is 1. The number of hydrogen-bond donors (Lipinski definition) is 2. The molecule has 0 aliphatic carbocycles. The molecule has 0 saturated carbocycles. The van der Waals surface area contributed by atoms with Gasteiger partial charge < -0.3 is 5.11 Å². The Bertz CT molecular complexity index is 734. The molecule has 0 fully saturated rings. The predicted molar refractivity (Wildman–Crippen MR) is 77.9 cm³/mol. The van der Waals surface area contributed by atoms with Gasteiger partial charge in [-0.25, -0.2) is 13.2 Å². The molecular weight excluding hydrogens is 298 g/mol. The van der Waals surface area contributed by atoms with E-state index in [9.17, 15) is 13.2 Å². The average molecular weight is 311 g/mol. The Hall–Kier alpha value is -1.86. The van der Waals surface area contributed by atoms with Crippen molar-refractivity contribution in [3.05, 3.63) is 46.8 Å². The molecule has 20 heavy (non-hydrogen) atoms. The third kappa shape index (κ3) is 3.17. The first-order valence-electron chi connectivity index (χ1n) is 5.86. The van der Waals surface area contributed by atoms with Gasteiger partial charge in [0, 0.05) is 11.1 Å². The largest absolute Gasteiger partial charge is 0.478 e. The summed E-state index contributed by atoms with van der Waals surface area (Å²) in [6, 6.07) is 8.24. The molecule has 0 saturated heterocycles. The molecule has 2 rings (SSSR count). The Morgan fingerprint density at radius 2 is 2.10 bits per heavy atom. The summed E-state index contributed by atoms with van der Waals surface area (Å²) >= 11 is 0.883. The maximum Gasteiger partial charge on any atom is 0.336 e. The van der Waals surface area contributed by atoms with Crippen molar-refractivity contribution in [2.75, 3.05) is 4.72 Å². The lowest BCUT2D eigenvalue weighted by Gasteiger charge is -2.07. The lowest BCUT2D eigenvalue weighted by molar-refractivity contribution is 0.0697. The molecule has 0 aliphatic heterocycles. The molecule has 0 atom stereocenters. The molecule has 0 radical (unpaired) electrons. The summed E-state index contributed by atoms with van der Waals surface area (Å²) < 4.78 is 26.7. The molecule has 0 unspecified atom stereocenters. The minimum atomic E-state index is -3.75. The average Bonchev–Trinajstić information content (AvgIpc) is 2.89. The zero-order valence-corrected chi connectivity index (χ0v) is 12.3. The third-order valence-corrected chi connectivity index (χ3v) is 5.50. The summed E-state index contributed by atoms with van der Waals surface area (Å²) in [6.07, 6.45) is 0.803. The van der Waals surface area contributed by atoms with Crippen molar-refractivity contribution >= 4 is 33.0 Å². The van der Waals surface area contributed by atoms with Crippen molar-refractivity contribution < 1.29 is 18.3 Å². The predicted octanol–water partition coefficient (Wildman–Crippen LogP) is 2.81. The molecule has 1 heterocycles. The van der Waals surface area contributed by atoms with Crippen LogP contribution in [0.4, 0.5) is 5.69 Å². The van der Waals surface area contributed by atoms with Gasteiger partial charge in [0.2, 0.25) is 0 Å². The highest BCUT2D eigenvalue weighted by Gasteiger charge is 2.19. The Labute approximate surface area is 120 Å². The smallest absolute Gasteiger partial charge is 0.336 e. The number of carbonyl (C=O) groups is 1. The molecule has 2 N–H and O–H groups in total. The van der Waals surface area contributed by atoms with E-state index in [-0.39, 0.29) is 9.77 Å². The molecule has 1 aromatic carbocycles. The number of benzene rings is 1. The van der Waals surface area contributed by atoms with Gasteiger partial charge in [-0.2, -0.15) is 0 Å². The zero-order chi connectivity index (χ0) is 14.8. The van der Waals surface area contributed by atoms with Crippen LogP contribution in [0, 0.1) is 0 Å². The molecule has 0 amide bonds. The number of thiophene rings is 1. The summed E-state index contributed by atoms with van der Waals surface area (Å²) in [5.74, 6) is -1.14. The number of aromatic carboxylic acids is 1. The van der Waals surface area contributed by atoms with Crippen LogP contribution in [-0.4, -0.2) is 19.5 Å². The first-order chi connectivity index (χ1) is 9.42. The van der Waals surface area contributed by atoms with Crippen LogP contribution in [0.25, 0.3) is 0 Å². The number of hydrogen-bond acceptors (Lipinski definition) is 4. The van der Waals surface area contributed by atoms with Gasteiger partial charge in [0.25, 0.3) is 10.0 Å². The fourth-order valence-corrected chi connectivity index (χ4v) is 3.83. The summed E-state index contributed by atoms with van der Waals surface area (Å²) in [4.78, 5) is 10.8. The third-order valence-electron chi connectivity index (χ3n) is 2.67. The number of nitrogens with one attached hydrogen (secondary N) is 1. The van der Waals surface area contributed by atoms with E-state index in [2.05, 4.69) is 4.72 Å². The maximum absolute atomic E-state index is 12.1. The van der Waals surface area contributed by atoms with Crippen LogP contribution in [0.3, 0.4) is 0 Å². The molecular formula is C13H13NO4S2. The van der Waals surface area contributed by atoms with Gasteiger partial charge in [0.1, 0.15) is 4.21 Å². The summed E-state index contributed by atoms with van der Waals surface area (Å²) in [7, 11) is -3.75. The number of sulfonamides is 1. The quantitative estimate of drug-likeness (QED) is 0.889. The van der Waals surface area contributed by atoms with Crippen molar-refractivity contribution in [1.29, 1.82) is 0 Å². The number of anilines is 1. The molecule has 106 valence electrons. The Morgan fingerprint density at radius 1 is 1.35 bits per heavy atom. The van der Waals surface area contributed by atoms with Crippen LogP contribution in [0.2, 0.25) is 0 Å². The second kappa shape index (κ2) is 5.64. The second-order valence-electron chi connectivity index (χ2n) is 4.12. The molecule has 0 aliphatic rings. The fraction of sp³-hybridized carbons (Fsp3) is 0.154. The van der Waals surface area contributed by atoms with E-state index in [1.807, 2.05) is 13.0 Å². The van der Waals surface area contributed by atoms with Crippen molar-refractivity contribution in [1.82, 2.24) is 0 Å². The van der Waals surface area contributed by atoms with Crippen molar-refractivity contribution in [3.8, 4) is 0 Å². The summed E-state index contributed by atoms with van der Waals surface area (Å²) in [6.45, 7) is 1.98. The van der Waals surface area contributed by atoms with E-state index in [0.717, 1.165) is 29.4 Å². The fourth-order valence-electron chi connectivity index (χ4n) is 1.63. The summed E-state index contributed by atoms with van der Waals surface area (Å²) in [5, 5.41) is 10.1. The van der Waals surface area contributed by atoms with E-state index >= 15 is 0 Å². The Kier molecular flexibility index (Phi) is 4.10. The Balaban J connectivity index is 2.27. The maximum atomic E-state index is 12.1. The highest BCUT2D eigenvalue weighted by Crippen LogP contribution is 2.23. The van der Waals surface area contributed by atoms with E-state index in [1.165, 1.54) is 5.38 Å². The van der Waals surface area contributed by atoms with Gasteiger partial charge in [-0.3, -0.25) is 4.72 Å². The van der Waals surface area contributed by atoms with Gasteiger partial charge >= 0.3 is 5.97 Å². The monoisotopic (exact) mass is 311 g/mol. The molecule has 5 nitrogen and oxygen atoms in total. The van der Waals surface area contributed by atoms with Crippen LogP contribution >= 0.6 is 11.3 Å². The van der Waals surface area contributed by atoms with Gasteiger partial charge in [-0.1, -0.05) is 19.1 Å². The number of carboxylic acid groups (broad SMARTS) is 1. The lowest BCUT2D eigenvalue weighted by atomic mass is 10.1. The van der Waals surface area contributed by atoms with Crippen LogP contribution in [0.15, 0.2) is 39.9 Å². The molecule has 2 aromatic rings. The van der Waals surface area contributed by atoms with Crippen LogP contribution < -0.4 is 4.72 Å². The van der Waals surface area contributed by atoms with Gasteiger partial charge in [-0.15, -0.1) is 11.3 Å². The van der Waals surface area contributed by atoms with E-state index in [0.29, 0.717) is 5.69 Å². The summed E-state index contributed by atoms with van der Waals surface area (Å²) in [5.41, 5.74) is 1.45. The van der Waals surface area contributed by atoms with Gasteiger partial charge in [0.05, 0.1) is 5.56 Å². The number of carboxylic acids is 1. The minimum Gasteiger partial charge on any atom is -0.478 e. The number of rotatable bonds is 5. The van der Waals surface area contributed by atoms with E-state index in [1.54, 1.807) is 18.2 Å². The van der Waals surface area contributed by atoms with Gasteiger partial charge in [-0.05, 0) is 30.2 Å². The lowest BCUT2D eigenvalue weighted by Crippen LogP contribution is -2.11. The molecule has 1 aromatic heterocycles. The van der Waals surface area contributed by atoms with E-state index in [4.69, 9.17) is 5.11 Å². The standard InChI is InChI=1S/C13H13NO4S2/c1-2-9-4-3-5-11(6-9)14-20(17,18)12-7-10(8-19-12)13(15)16/h3-8,14H,2H2,1H3,(H,15,16). The van der Waals surface area contributed by atoms with Crippen molar-refractivity contribution in [3.63, 3.8) is 0 Å². The SMILES string of the molecule is CCc1cccc(NS(=O)(=O)c2cc(C(=O)O)cs2)c1. The highest BCUT2D eigenvalue weighted by atomic mass is 32.2. The minimum absolute atomic E-state index is 0.0169. The van der Waals surface area contributed by atoms with Crippen molar-refractivity contribution in [2.45, 2.75) is 17.6 Å². The first kappa shape index (κ1) is 14.5. The van der Waals surface area contributed by atoms with Crippen LogP contribution in [0.5, 0.6) is 0 Å². The van der Waals surface area contributed by atoms with Crippen molar-refractivity contribution in [2.24, 2.45) is 0 Å². The highest BCUT2D eigenvalue weighted by molar-refractivity contribution is 7.94.